The van der Waals surface area contributed by atoms with Gasteiger partial charge in [0.05, 0.1) is 12.7 Å². The predicted molar refractivity (Wildman–Crippen MR) is 89.3 cm³/mol. The SMILES string of the molecule is COC1C[C@H]2CC(NCc3ccc(OCC4CC4)nc3)C[C@H]2C1. The molecule has 1 N–H and O–H groups in total. The van der Waals surface area contributed by atoms with E-state index in [-0.39, 0.29) is 0 Å². The summed E-state index contributed by atoms with van der Waals surface area (Å²) in [6.45, 7) is 1.74. The second-order valence-electron chi connectivity index (χ2n) is 7.66. The molecule has 4 rings (SSSR count). The van der Waals surface area contributed by atoms with E-state index in [1.165, 1.54) is 44.1 Å². The van der Waals surface area contributed by atoms with Crippen molar-refractivity contribution in [2.45, 2.75) is 57.2 Å². The van der Waals surface area contributed by atoms with Crippen molar-refractivity contribution in [3.8, 4) is 5.88 Å². The number of ether oxygens (including phenoxy) is 2. The molecule has 3 fully saturated rings. The van der Waals surface area contributed by atoms with Crippen molar-refractivity contribution in [1.82, 2.24) is 10.3 Å². The van der Waals surface area contributed by atoms with E-state index in [1.807, 2.05) is 19.4 Å². The van der Waals surface area contributed by atoms with Crippen LogP contribution in [0.25, 0.3) is 0 Å². The van der Waals surface area contributed by atoms with Gasteiger partial charge in [-0.1, -0.05) is 6.07 Å². The maximum Gasteiger partial charge on any atom is 0.213 e. The number of aromatic nitrogens is 1. The van der Waals surface area contributed by atoms with Crippen LogP contribution in [0.3, 0.4) is 0 Å². The second-order valence-corrected chi connectivity index (χ2v) is 7.66. The Morgan fingerprint density at radius 2 is 1.91 bits per heavy atom. The maximum atomic E-state index is 5.69. The van der Waals surface area contributed by atoms with Gasteiger partial charge in [0.15, 0.2) is 0 Å². The van der Waals surface area contributed by atoms with Crippen LogP contribution in [0.15, 0.2) is 18.3 Å². The molecule has 4 nitrogen and oxygen atoms in total. The lowest BCUT2D eigenvalue weighted by molar-refractivity contribution is 0.100. The summed E-state index contributed by atoms with van der Waals surface area (Å²) in [5, 5.41) is 3.72. The molecule has 126 valence electrons. The van der Waals surface area contributed by atoms with Gasteiger partial charge in [0.2, 0.25) is 5.88 Å². The van der Waals surface area contributed by atoms with Gasteiger partial charge >= 0.3 is 0 Å². The van der Waals surface area contributed by atoms with Crippen molar-refractivity contribution in [1.29, 1.82) is 0 Å². The molecule has 0 aliphatic heterocycles. The van der Waals surface area contributed by atoms with Gasteiger partial charge in [-0.2, -0.15) is 0 Å². The van der Waals surface area contributed by atoms with E-state index in [9.17, 15) is 0 Å². The molecule has 1 heterocycles. The van der Waals surface area contributed by atoms with Gasteiger partial charge in [0.25, 0.3) is 0 Å². The van der Waals surface area contributed by atoms with E-state index in [2.05, 4.69) is 16.4 Å². The first-order chi connectivity index (χ1) is 11.3. The lowest BCUT2D eigenvalue weighted by Gasteiger charge is -2.15. The Balaban J connectivity index is 1.21. The van der Waals surface area contributed by atoms with E-state index in [1.54, 1.807) is 0 Å². The molecular weight excluding hydrogens is 288 g/mol. The second kappa shape index (κ2) is 6.78. The van der Waals surface area contributed by atoms with E-state index in [4.69, 9.17) is 9.47 Å². The Kier molecular flexibility index (Phi) is 4.54. The average molecular weight is 316 g/mol. The zero-order chi connectivity index (χ0) is 15.6. The fourth-order valence-electron chi connectivity index (χ4n) is 4.27. The van der Waals surface area contributed by atoms with Crippen LogP contribution in [-0.4, -0.2) is 30.8 Å². The van der Waals surface area contributed by atoms with Crippen LogP contribution in [0.4, 0.5) is 0 Å². The summed E-state index contributed by atoms with van der Waals surface area (Å²) in [6, 6.07) is 4.80. The number of pyridine rings is 1. The summed E-state index contributed by atoms with van der Waals surface area (Å²) in [5.74, 6) is 3.28. The Hall–Kier alpha value is -1.13. The molecule has 1 aromatic rings. The van der Waals surface area contributed by atoms with Gasteiger partial charge in [-0.15, -0.1) is 0 Å². The summed E-state index contributed by atoms with van der Waals surface area (Å²) in [6.07, 6.45) is 10.2. The molecule has 2 unspecified atom stereocenters. The lowest BCUT2D eigenvalue weighted by Crippen LogP contribution is -2.27. The first-order valence-electron chi connectivity index (χ1n) is 9.14. The van der Waals surface area contributed by atoms with E-state index in [0.717, 1.165) is 36.8 Å². The van der Waals surface area contributed by atoms with Crippen LogP contribution < -0.4 is 10.1 Å². The first-order valence-corrected chi connectivity index (χ1v) is 9.14. The highest BCUT2D eigenvalue weighted by Gasteiger charge is 2.41. The summed E-state index contributed by atoms with van der Waals surface area (Å²) >= 11 is 0. The van der Waals surface area contributed by atoms with Crippen LogP contribution in [0.2, 0.25) is 0 Å². The van der Waals surface area contributed by atoms with Gasteiger partial charge in [0.1, 0.15) is 0 Å². The number of hydrogen-bond acceptors (Lipinski definition) is 4. The molecule has 0 aromatic carbocycles. The molecule has 0 amide bonds. The Morgan fingerprint density at radius 3 is 2.52 bits per heavy atom. The summed E-state index contributed by atoms with van der Waals surface area (Å²) < 4.78 is 11.2. The lowest BCUT2D eigenvalue weighted by atomic mass is 10.0. The summed E-state index contributed by atoms with van der Waals surface area (Å²) in [5.41, 5.74) is 1.25. The molecule has 23 heavy (non-hydrogen) atoms. The highest BCUT2D eigenvalue weighted by Crippen LogP contribution is 2.45. The summed E-state index contributed by atoms with van der Waals surface area (Å²) in [7, 11) is 1.85. The number of methoxy groups -OCH3 is 1. The van der Waals surface area contributed by atoms with Crippen LogP contribution in [0.1, 0.15) is 44.1 Å². The third-order valence-electron chi connectivity index (χ3n) is 5.86. The Labute approximate surface area is 139 Å². The molecule has 3 aliphatic carbocycles. The standard InChI is InChI=1S/C19H28N2O2/c1-22-18-8-15-6-17(7-16(15)9-18)20-10-14-4-5-19(21-11-14)23-12-13-2-3-13/h4-5,11,13,15-18,20H,2-3,6-10,12H2,1H3/t15-,16+,17?,18?. The Morgan fingerprint density at radius 1 is 1.13 bits per heavy atom. The van der Waals surface area contributed by atoms with Crippen LogP contribution in [0.5, 0.6) is 5.88 Å². The van der Waals surface area contributed by atoms with Crippen LogP contribution >= 0.6 is 0 Å². The molecule has 4 atom stereocenters. The van der Waals surface area contributed by atoms with Gasteiger partial charge in [-0.3, -0.25) is 0 Å². The van der Waals surface area contributed by atoms with Crippen molar-refractivity contribution >= 4 is 0 Å². The highest BCUT2D eigenvalue weighted by molar-refractivity contribution is 5.18. The largest absolute Gasteiger partial charge is 0.477 e. The maximum absolute atomic E-state index is 5.69. The minimum absolute atomic E-state index is 0.512. The van der Waals surface area contributed by atoms with Crippen LogP contribution in [0, 0.1) is 17.8 Å². The fraction of sp³-hybridized carbons (Fsp3) is 0.737. The minimum Gasteiger partial charge on any atom is -0.477 e. The topological polar surface area (TPSA) is 43.4 Å². The highest BCUT2D eigenvalue weighted by atomic mass is 16.5. The first kappa shape index (κ1) is 15.4. The normalized spacial score (nSPS) is 32.9. The van der Waals surface area contributed by atoms with Crippen LogP contribution in [-0.2, 0) is 11.3 Å². The fourth-order valence-corrected chi connectivity index (χ4v) is 4.27. The van der Waals surface area contributed by atoms with Crippen molar-refractivity contribution in [3.63, 3.8) is 0 Å². The zero-order valence-electron chi connectivity index (χ0n) is 14.0. The van der Waals surface area contributed by atoms with Crippen molar-refractivity contribution in [2.75, 3.05) is 13.7 Å². The molecule has 3 aliphatic rings. The third kappa shape index (κ3) is 3.86. The van der Waals surface area contributed by atoms with Crippen molar-refractivity contribution in [2.24, 2.45) is 17.8 Å². The molecule has 0 saturated heterocycles. The monoisotopic (exact) mass is 316 g/mol. The number of fused-ring (bicyclic) bond motifs is 1. The van der Waals surface area contributed by atoms with E-state index >= 15 is 0 Å². The molecule has 0 bridgehead atoms. The van der Waals surface area contributed by atoms with Crippen molar-refractivity contribution in [3.05, 3.63) is 23.9 Å². The van der Waals surface area contributed by atoms with Gasteiger partial charge in [-0.25, -0.2) is 4.98 Å². The molecular formula is C19H28N2O2. The minimum atomic E-state index is 0.512. The molecule has 0 radical (unpaired) electrons. The number of hydrogen-bond donors (Lipinski definition) is 1. The van der Waals surface area contributed by atoms with Gasteiger partial charge in [-0.05, 0) is 61.8 Å². The summed E-state index contributed by atoms with van der Waals surface area (Å²) in [4.78, 5) is 4.42. The molecule has 0 spiro atoms. The molecule has 1 aromatic heterocycles. The van der Waals surface area contributed by atoms with E-state index < -0.39 is 0 Å². The molecule has 4 heteroatoms. The quantitative estimate of drug-likeness (QED) is 0.839. The third-order valence-corrected chi connectivity index (χ3v) is 5.86. The van der Waals surface area contributed by atoms with Gasteiger partial charge < -0.3 is 14.8 Å². The number of nitrogens with one attached hydrogen (secondary N) is 1. The van der Waals surface area contributed by atoms with Gasteiger partial charge in [0, 0.05) is 32.0 Å². The Bertz CT molecular complexity index is 501. The average Bonchev–Trinajstić information content (AvgIpc) is 3.21. The van der Waals surface area contributed by atoms with Crippen molar-refractivity contribution < 1.29 is 9.47 Å². The van der Waals surface area contributed by atoms with E-state index in [0.29, 0.717) is 12.1 Å². The zero-order valence-corrected chi connectivity index (χ0v) is 14.0. The predicted octanol–water partition coefficient (Wildman–Crippen LogP) is 3.16. The number of nitrogens with zero attached hydrogens (tertiary/aromatic N) is 1. The number of rotatable bonds is 7. The molecule has 3 saturated carbocycles. The smallest absolute Gasteiger partial charge is 0.213 e.